The molecule has 7 nitrogen and oxygen atoms in total. The standard InChI is InChI=1S/C31H35N5O2/c1-22-10-8-14-27-29(22)36(26-13-6-7-19-35(21-26)28(37)15-9-18-34(2)3)31(32-27)33-30(38)25-17-16-23-11-4-5-12-24(23)20-25/h4-5,8-12,14-17,20,26H,6-7,13,18-19,21H2,1-3H3,(H,32,33,38). The molecule has 7 heteroatoms. The molecule has 196 valence electrons. The minimum absolute atomic E-state index is 0.00158. The number of imidazole rings is 1. The van der Waals surface area contributed by atoms with Gasteiger partial charge in [-0.1, -0.05) is 48.5 Å². The molecule has 0 bridgehead atoms. The van der Waals surface area contributed by atoms with Crippen LogP contribution >= 0.6 is 0 Å². The van der Waals surface area contributed by atoms with E-state index >= 15 is 0 Å². The largest absolute Gasteiger partial charge is 0.337 e. The first-order valence-electron chi connectivity index (χ1n) is 13.3. The molecule has 1 aromatic heterocycles. The summed E-state index contributed by atoms with van der Waals surface area (Å²) in [7, 11) is 3.97. The molecule has 4 aromatic rings. The Morgan fingerprint density at radius 1 is 1.05 bits per heavy atom. The number of aryl methyl sites for hydroxylation is 1. The molecule has 1 aliphatic heterocycles. The van der Waals surface area contributed by atoms with Crippen LogP contribution in [0.15, 0.2) is 72.8 Å². The van der Waals surface area contributed by atoms with Gasteiger partial charge in [0.1, 0.15) is 0 Å². The number of likely N-dealkylation sites (N-methyl/N-ethyl adjacent to an activating group) is 1. The van der Waals surface area contributed by atoms with Gasteiger partial charge in [0, 0.05) is 31.3 Å². The molecule has 0 aliphatic carbocycles. The first kappa shape index (κ1) is 25.7. The predicted octanol–water partition coefficient (Wildman–Crippen LogP) is 5.42. The van der Waals surface area contributed by atoms with Gasteiger partial charge in [-0.15, -0.1) is 0 Å². The number of fused-ring (bicyclic) bond motifs is 2. The molecule has 38 heavy (non-hydrogen) atoms. The molecule has 1 atom stereocenters. The van der Waals surface area contributed by atoms with Crippen LogP contribution in [0, 0.1) is 6.92 Å². The Balaban J connectivity index is 1.48. The third-order valence-corrected chi connectivity index (χ3v) is 7.20. The molecule has 2 heterocycles. The van der Waals surface area contributed by atoms with Gasteiger partial charge in [-0.25, -0.2) is 4.98 Å². The zero-order valence-electron chi connectivity index (χ0n) is 22.4. The van der Waals surface area contributed by atoms with Crippen LogP contribution in [-0.4, -0.2) is 64.9 Å². The van der Waals surface area contributed by atoms with Crippen molar-refractivity contribution in [3.63, 3.8) is 0 Å². The highest BCUT2D eigenvalue weighted by Crippen LogP contribution is 2.32. The Bertz CT molecular complexity index is 1500. The van der Waals surface area contributed by atoms with Gasteiger partial charge in [0.25, 0.3) is 5.91 Å². The molecule has 1 unspecified atom stereocenters. The fourth-order valence-electron chi connectivity index (χ4n) is 5.27. The van der Waals surface area contributed by atoms with Crippen LogP contribution in [0.5, 0.6) is 0 Å². The Hall–Kier alpha value is -3.97. The zero-order chi connectivity index (χ0) is 26.6. The van der Waals surface area contributed by atoms with Crippen molar-refractivity contribution in [3.05, 3.63) is 83.9 Å². The van der Waals surface area contributed by atoms with E-state index < -0.39 is 0 Å². The molecule has 1 fully saturated rings. The van der Waals surface area contributed by atoms with Crippen LogP contribution in [0.3, 0.4) is 0 Å². The van der Waals surface area contributed by atoms with Crippen molar-refractivity contribution in [2.24, 2.45) is 0 Å². The lowest BCUT2D eigenvalue weighted by molar-refractivity contribution is -0.126. The summed E-state index contributed by atoms with van der Waals surface area (Å²) in [5.74, 6) is 0.356. The molecule has 0 radical (unpaired) electrons. The first-order valence-corrected chi connectivity index (χ1v) is 13.3. The van der Waals surface area contributed by atoms with Crippen LogP contribution < -0.4 is 5.32 Å². The number of rotatable bonds is 6. The summed E-state index contributed by atoms with van der Waals surface area (Å²) in [4.78, 5) is 35.3. The fourth-order valence-corrected chi connectivity index (χ4v) is 5.27. The minimum Gasteiger partial charge on any atom is -0.337 e. The molecule has 0 spiro atoms. The molecule has 1 N–H and O–H groups in total. The summed E-state index contributed by atoms with van der Waals surface area (Å²) >= 11 is 0. The second-order valence-electron chi connectivity index (χ2n) is 10.4. The van der Waals surface area contributed by atoms with Gasteiger partial charge in [-0.2, -0.15) is 0 Å². The second-order valence-corrected chi connectivity index (χ2v) is 10.4. The average molecular weight is 510 g/mol. The van der Waals surface area contributed by atoms with Crippen LogP contribution in [0.25, 0.3) is 21.8 Å². The summed E-state index contributed by atoms with van der Waals surface area (Å²) in [6.07, 6.45) is 6.45. The Labute approximate surface area is 223 Å². The Kier molecular flexibility index (Phi) is 7.56. The van der Waals surface area contributed by atoms with E-state index in [1.807, 2.05) is 84.6 Å². The normalized spacial score (nSPS) is 16.4. The van der Waals surface area contributed by atoms with E-state index in [-0.39, 0.29) is 17.9 Å². The first-order chi connectivity index (χ1) is 18.4. The van der Waals surface area contributed by atoms with Crippen molar-refractivity contribution in [1.29, 1.82) is 0 Å². The second kappa shape index (κ2) is 11.2. The molecule has 1 aliphatic rings. The lowest BCUT2D eigenvalue weighted by Crippen LogP contribution is -2.35. The number of likely N-dealkylation sites (tertiary alicyclic amines) is 1. The molecular formula is C31H35N5O2. The topological polar surface area (TPSA) is 70.5 Å². The van der Waals surface area contributed by atoms with Gasteiger partial charge in [-0.3, -0.25) is 14.9 Å². The van der Waals surface area contributed by atoms with E-state index in [9.17, 15) is 9.59 Å². The van der Waals surface area contributed by atoms with Crippen molar-refractivity contribution in [3.8, 4) is 0 Å². The number of nitrogens with one attached hydrogen (secondary N) is 1. The number of hydrogen-bond acceptors (Lipinski definition) is 4. The van der Waals surface area contributed by atoms with Crippen LogP contribution in [0.4, 0.5) is 5.95 Å². The number of amides is 2. The summed E-state index contributed by atoms with van der Waals surface area (Å²) in [5.41, 5.74) is 3.52. The smallest absolute Gasteiger partial charge is 0.257 e. The van der Waals surface area contributed by atoms with Gasteiger partial charge >= 0.3 is 0 Å². The van der Waals surface area contributed by atoms with Crippen molar-refractivity contribution < 1.29 is 9.59 Å². The summed E-state index contributed by atoms with van der Waals surface area (Å²) in [6.45, 7) is 4.09. The molecule has 0 saturated carbocycles. The summed E-state index contributed by atoms with van der Waals surface area (Å²) in [5, 5.41) is 5.22. The maximum atomic E-state index is 13.4. The van der Waals surface area contributed by atoms with Crippen molar-refractivity contribution >= 4 is 39.6 Å². The number of carbonyl (C=O) groups excluding carboxylic acids is 2. The van der Waals surface area contributed by atoms with Gasteiger partial charge in [0.05, 0.1) is 17.1 Å². The lowest BCUT2D eigenvalue weighted by Gasteiger charge is -2.26. The Morgan fingerprint density at radius 2 is 1.87 bits per heavy atom. The molecular weight excluding hydrogens is 474 g/mol. The molecule has 3 aromatic carbocycles. The number of hydrogen-bond donors (Lipinski definition) is 1. The zero-order valence-corrected chi connectivity index (χ0v) is 22.4. The van der Waals surface area contributed by atoms with E-state index in [2.05, 4.69) is 22.9 Å². The van der Waals surface area contributed by atoms with E-state index in [1.165, 1.54) is 0 Å². The summed E-state index contributed by atoms with van der Waals surface area (Å²) in [6, 6.07) is 19.8. The molecule has 2 amide bonds. The lowest BCUT2D eigenvalue weighted by atomic mass is 10.1. The quantitative estimate of drug-likeness (QED) is 0.352. The van der Waals surface area contributed by atoms with Crippen molar-refractivity contribution in [2.45, 2.75) is 32.2 Å². The van der Waals surface area contributed by atoms with Crippen molar-refractivity contribution in [2.75, 3.05) is 39.0 Å². The maximum absolute atomic E-state index is 13.4. The fraction of sp³-hybridized carbons (Fsp3) is 0.323. The van der Waals surface area contributed by atoms with Crippen molar-refractivity contribution in [1.82, 2.24) is 19.4 Å². The Morgan fingerprint density at radius 3 is 2.68 bits per heavy atom. The van der Waals surface area contributed by atoms with E-state index in [4.69, 9.17) is 4.98 Å². The predicted molar refractivity (Wildman–Crippen MR) is 154 cm³/mol. The highest BCUT2D eigenvalue weighted by Gasteiger charge is 2.27. The number of benzene rings is 3. The maximum Gasteiger partial charge on any atom is 0.257 e. The van der Waals surface area contributed by atoms with E-state index in [0.717, 1.165) is 59.7 Å². The third-order valence-electron chi connectivity index (χ3n) is 7.20. The molecule has 1 saturated heterocycles. The van der Waals surface area contributed by atoms with Gasteiger partial charge in [-0.05, 0) is 74.8 Å². The number of anilines is 1. The van der Waals surface area contributed by atoms with Crippen LogP contribution in [-0.2, 0) is 4.79 Å². The van der Waals surface area contributed by atoms with Crippen LogP contribution in [0.1, 0.15) is 41.2 Å². The number of para-hydroxylation sites is 1. The number of nitrogens with zero attached hydrogens (tertiary/aromatic N) is 4. The molecule has 5 rings (SSSR count). The highest BCUT2D eigenvalue weighted by atomic mass is 16.2. The van der Waals surface area contributed by atoms with Gasteiger partial charge in [0.15, 0.2) is 0 Å². The average Bonchev–Trinajstić information content (AvgIpc) is 3.10. The van der Waals surface area contributed by atoms with Gasteiger partial charge < -0.3 is 14.4 Å². The SMILES string of the molecule is Cc1cccc2nc(NC(=O)c3ccc4ccccc4c3)n(C3CCCCN(C(=O)C=CCN(C)C)C3)c12. The third kappa shape index (κ3) is 5.48. The summed E-state index contributed by atoms with van der Waals surface area (Å²) < 4.78 is 2.15. The monoisotopic (exact) mass is 509 g/mol. The highest BCUT2D eigenvalue weighted by molar-refractivity contribution is 6.06. The van der Waals surface area contributed by atoms with Gasteiger partial charge in [0.2, 0.25) is 11.9 Å². The number of carbonyl (C=O) groups is 2. The minimum atomic E-state index is -0.196. The van der Waals surface area contributed by atoms with E-state index in [1.54, 1.807) is 6.08 Å². The number of aromatic nitrogens is 2. The van der Waals surface area contributed by atoms with E-state index in [0.29, 0.717) is 18.1 Å². The van der Waals surface area contributed by atoms with Crippen LogP contribution in [0.2, 0.25) is 0 Å².